The van der Waals surface area contributed by atoms with Crippen molar-refractivity contribution in [1.29, 1.82) is 0 Å². The van der Waals surface area contributed by atoms with Crippen molar-refractivity contribution < 1.29 is 14.3 Å². The zero-order valence-electron chi connectivity index (χ0n) is 15.7. The SMILES string of the molecule is CC(C)(C)OC(=O)NC[C@]1(Cc2ccccc2)OC1Cc1ccccc1. The summed E-state index contributed by atoms with van der Waals surface area (Å²) in [6, 6.07) is 20.5. The van der Waals surface area contributed by atoms with Gasteiger partial charge < -0.3 is 14.8 Å². The lowest BCUT2D eigenvalue weighted by molar-refractivity contribution is 0.0512. The molecule has 1 saturated heterocycles. The van der Waals surface area contributed by atoms with E-state index in [1.807, 2.05) is 57.2 Å². The maximum atomic E-state index is 12.1. The summed E-state index contributed by atoms with van der Waals surface area (Å²) in [5.41, 5.74) is 1.55. The molecule has 0 aliphatic carbocycles. The van der Waals surface area contributed by atoms with Gasteiger partial charge in [0.25, 0.3) is 0 Å². The van der Waals surface area contributed by atoms with Crippen LogP contribution in [0.2, 0.25) is 0 Å². The Morgan fingerprint density at radius 2 is 1.62 bits per heavy atom. The van der Waals surface area contributed by atoms with Gasteiger partial charge in [-0.3, -0.25) is 0 Å². The molecule has 1 N–H and O–H groups in total. The van der Waals surface area contributed by atoms with E-state index in [-0.39, 0.29) is 11.7 Å². The Morgan fingerprint density at radius 3 is 2.19 bits per heavy atom. The molecule has 0 spiro atoms. The Hall–Kier alpha value is -2.33. The van der Waals surface area contributed by atoms with Gasteiger partial charge in [0.05, 0.1) is 12.6 Å². The molecule has 0 radical (unpaired) electrons. The fourth-order valence-corrected chi connectivity index (χ4v) is 3.16. The summed E-state index contributed by atoms with van der Waals surface area (Å²) < 4.78 is 11.5. The number of nitrogens with one attached hydrogen (secondary N) is 1. The zero-order chi connectivity index (χ0) is 18.6. The number of carbonyl (C=O) groups excluding carboxylic acids is 1. The van der Waals surface area contributed by atoms with E-state index in [4.69, 9.17) is 9.47 Å². The van der Waals surface area contributed by atoms with Crippen molar-refractivity contribution in [2.24, 2.45) is 0 Å². The van der Waals surface area contributed by atoms with Gasteiger partial charge in [-0.05, 0) is 31.9 Å². The van der Waals surface area contributed by atoms with Crippen molar-refractivity contribution >= 4 is 6.09 Å². The predicted molar refractivity (Wildman–Crippen MR) is 102 cm³/mol. The van der Waals surface area contributed by atoms with Gasteiger partial charge in [0, 0.05) is 12.8 Å². The van der Waals surface area contributed by atoms with Crippen LogP contribution < -0.4 is 5.32 Å². The number of amides is 1. The van der Waals surface area contributed by atoms with Crippen LogP contribution in [0.3, 0.4) is 0 Å². The lowest BCUT2D eigenvalue weighted by atomic mass is 9.92. The van der Waals surface area contributed by atoms with E-state index in [0.29, 0.717) is 6.54 Å². The van der Waals surface area contributed by atoms with Gasteiger partial charge in [-0.1, -0.05) is 60.7 Å². The van der Waals surface area contributed by atoms with E-state index in [9.17, 15) is 4.79 Å². The topological polar surface area (TPSA) is 50.9 Å². The molecule has 0 aromatic heterocycles. The van der Waals surface area contributed by atoms with E-state index in [0.717, 1.165) is 12.8 Å². The molecule has 1 aliphatic heterocycles. The predicted octanol–water partition coefficient (Wildman–Crippen LogP) is 4.13. The highest BCUT2D eigenvalue weighted by Crippen LogP contribution is 2.41. The van der Waals surface area contributed by atoms with Crippen molar-refractivity contribution in [2.75, 3.05) is 6.54 Å². The van der Waals surface area contributed by atoms with Gasteiger partial charge in [-0.2, -0.15) is 0 Å². The van der Waals surface area contributed by atoms with E-state index >= 15 is 0 Å². The average Bonchev–Trinajstić information content (AvgIpc) is 3.25. The normalized spacial score (nSPS) is 21.9. The lowest BCUT2D eigenvalue weighted by Gasteiger charge is -2.21. The average molecular weight is 353 g/mol. The van der Waals surface area contributed by atoms with Gasteiger partial charge in [0.2, 0.25) is 0 Å². The summed E-state index contributed by atoms with van der Waals surface area (Å²) >= 11 is 0. The molecule has 1 aliphatic rings. The summed E-state index contributed by atoms with van der Waals surface area (Å²) in [6.45, 7) is 6.02. The van der Waals surface area contributed by atoms with Crippen LogP contribution in [0.4, 0.5) is 4.79 Å². The first-order valence-corrected chi connectivity index (χ1v) is 9.09. The number of alkyl carbamates (subject to hydrolysis) is 1. The molecular formula is C22H27NO3. The van der Waals surface area contributed by atoms with Crippen LogP contribution in [-0.2, 0) is 22.3 Å². The summed E-state index contributed by atoms with van der Waals surface area (Å²) in [4.78, 5) is 12.1. The third-order valence-electron chi connectivity index (χ3n) is 4.45. The fraction of sp³-hybridized carbons (Fsp3) is 0.409. The quantitative estimate of drug-likeness (QED) is 0.794. The number of hydrogen-bond acceptors (Lipinski definition) is 3. The molecule has 2 aromatic rings. The molecule has 2 aromatic carbocycles. The van der Waals surface area contributed by atoms with E-state index < -0.39 is 11.7 Å². The van der Waals surface area contributed by atoms with Gasteiger partial charge >= 0.3 is 6.09 Å². The minimum Gasteiger partial charge on any atom is -0.444 e. The Balaban J connectivity index is 1.66. The monoisotopic (exact) mass is 353 g/mol. The lowest BCUT2D eigenvalue weighted by Crippen LogP contribution is -2.40. The molecule has 3 rings (SSSR count). The number of rotatable bonds is 6. The Bertz CT molecular complexity index is 724. The molecule has 0 bridgehead atoms. The maximum Gasteiger partial charge on any atom is 0.407 e. The molecule has 1 unspecified atom stereocenters. The number of ether oxygens (including phenoxy) is 2. The second-order valence-electron chi connectivity index (χ2n) is 7.88. The Morgan fingerprint density at radius 1 is 1.04 bits per heavy atom. The molecule has 138 valence electrons. The first kappa shape index (κ1) is 18.5. The highest BCUT2D eigenvalue weighted by Gasteiger charge is 2.56. The fourth-order valence-electron chi connectivity index (χ4n) is 3.16. The van der Waals surface area contributed by atoms with E-state index in [1.54, 1.807) is 0 Å². The first-order valence-electron chi connectivity index (χ1n) is 9.09. The number of epoxide rings is 1. The minimum atomic E-state index is -0.509. The number of benzene rings is 2. The van der Waals surface area contributed by atoms with Crippen LogP contribution >= 0.6 is 0 Å². The van der Waals surface area contributed by atoms with Crippen LogP contribution in [0.1, 0.15) is 31.9 Å². The van der Waals surface area contributed by atoms with Gasteiger partial charge in [-0.15, -0.1) is 0 Å². The largest absolute Gasteiger partial charge is 0.444 e. The molecule has 0 saturated carbocycles. The first-order chi connectivity index (χ1) is 12.4. The molecule has 26 heavy (non-hydrogen) atoms. The summed E-state index contributed by atoms with van der Waals surface area (Å²) in [6.07, 6.45) is 1.28. The van der Waals surface area contributed by atoms with Crippen LogP contribution in [0.15, 0.2) is 60.7 Å². The Labute approximate surface area is 155 Å². The molecule has 2 atom stereocenters. The van der Waals surface area contributed by atoms with Gasteiger partial charge in [-0.25, -0.2) is 4.79 Å². The molecule has 1 fully saturated rings. The second-order valence-corrected chi connectivity index (χ2v) is 7.88. The molecular weight excluding hydrogens is 326 g/mol. The van der Waals surface area contributed by atoms with Crippen molar-refractivity contribution in [3.05, 3.63) is 71.8 Å². The highest BCUT2D eigenvalue weighted by atomic mass is 16.6. The van der Waals surface area contributed by atoms with Crippen molar-refractivity contribution in [3.8, 4) is 0 Å². The molecule has 1 heterocycles. The zero-order valence-corrected chi connectivity index (χ0v) is 15.7. The second kappa shape index (κ2) is 7.50. The van der Waals surface area contributed by atoms with Gasteiger partial charge in [0.15, 0.2) is 0 Å². The van der Waals surface area contributed by atoms with Crippen molar-refractivity contribution in [3.63, 3.8) is 0 Å². The van der Waals surface area contributed by atoms with Crippen LogP contribution in [0, 0.1) is 0 Å². The van der Waals surface area contributed by atoms with Gasteiger partial charge in [0.1, 0.15) is 11.2 Å². The van der Waals surface area contributed by atoms with Crippen LogP contribution in [-0.4, -0.2) is 29.9 Å². The van der Waals surface area contributed by atoms with E-state index in [2.05, 4.69) is 29.6 Å². The van der Waals surface area contributed by atoms with E-state index in [1.165, 1.54) is 11.1 Å². The molecule has 4 heteroatoms. The maximum absolute atomic E-state index is 12.1. The van der Waals surface area contributed by atoms with Crippen molar-refractivity contribution in [1.82, 2.24) is 5.32 Å². The third-order valence-corrected chi connectivity index (χ3v) is 4.45. The smallest absolute Gasteiger partial charge is 0.407 e. The van der Waals surface area contributed by atoms with Crippen LogP contribution in [0.5, 0.6) is 0 Å². The number of carbonyl (C=O) groups is 1. The number of hydrogen-bond donors (Lipinski definition) is 1. The summed E-state index contributed by atoms with van der Waals surface area (Å²) in [7, 11) is 0. The molecule has 4 nitrogen and oxygen atoms in total. The standard InChI is InChI=1S/C22H27NO3/c1-21(2,3)26-20(24)23-16-22(15-18-12-8-5-9-13-18)19(25-22)14-17-10-6-4-7-11-17/h4-13,19H,14-16H2,1-3H3,(H,23,24)/t19?,22-/m0/s1. The Kier molecular flexibility index (Phi) is 5.33. The third kappa shape index (κ3) is 5.09. The van der Waals surface area contributed by atoms with Crippen LogP contribution in [0.25, 0.3) is 0 Å². The van der Waals surface area contributed by atoms with Crippen molar-refractivity contribution in [2.45, 2.75) is 50.9 Å². The molecule has 1 amide bonds. The summed E-state index contributed by atoms with van der Waals surface area (Å²) in [5, 5.41) is 2.89. The minimum absolute atomic E-state index is 0.0834. The highest BCUT2D eigenvalue weighted by molar-refractivity contribution is 5.67. The summed E-state index contributed by atoms with van der Waals surface area (Å²) in [5.74, 6) is 0.